The third kappa shape index (κ3) is 3.40. The van der Waals surface area contributed by atoms with Crippen LogP contribution in [0.15, 0.2) is 90.1 Å². The lowest BCUT2D eigenvalue weighted by molar-refractivity contribution is 0.0953. The van der Waals surface area contributed by atoms with Gasteiger partial charge < -0.3 is 9.88 Å². The number of carbonyl (C=O) groups is 1. The van der Waals surface area contributed by atoms with Crippen molar-refractivity contribution in [2.24, 2.45) is 0 Å². The molecule has 5 nitrogen and oxygen atoms in total. The van der Waals surface area contributed by atoms with Gasteiger partial charge in [0.2, 0.25) is 0 Å². The molecule has 2 heterocycles. The highest BCUT2D eigenvalue weighted by Crippen LogP contribution is 2.17. The van der Waals surface area contributed by atoms with Gasteiger partial charge in [0, 0.05) is 48.1 Å². The summed E-state index contributed by atoms with van der Waals surface area (Å²) in [5, 5.41) is 4.14. The van der Waals surface area contributed by atoms with E-state index in [0.29, 0.717) is 29.4 Å². The maximum atomic E-state index is 12.9. The van der Waals surface area contributed by atoms with Crippen LogP contribution in [-0.4, -0.2) is 21.6 Å². The van der Waals surface area contributed by atoms with Crippen molar-refractivity contribution in [1.29, 1.82) is 0 Å². The fourth-order valence-electron chi connectivity index (χ4n) is 3.17. The molecule has 4 rings (SSSR count). The molecule has 134 valence electrons. The van der Waals surface area contributed by atoms with Crippen molar-refractivity contribution in [3.05, 3.63) is 101 Å². The number of nitrogens with one attached hydrogen (secondary N) is 1. The molecule has 0 saturated heterocycles. The first-order valence-electron chi connectivity index (χ1n) is 8.83. The van der Waals surface area contributed by atoms with Crippen LogP contribution >= 0.6 is 0 Å². The molecule has 0 spiro atoms. The molecular formula is C22H19N3O2. The molecule has 0 aliphatic carbocycles. The van der Waals surface area contributed by atoms with E-state index in [2.05, 4.69) is 5.32 Å². The fourth-order valence-corrected chi connectivity index (χ4v) is 3.17. The minimum Gasteiger partial charge on any atom is -0.353 e. The maximum Gasteiger partial charge on any atom is 0.262 e. The largest absolute Gasteiger partial charge is 0.353 e. The molecule has 1 N–H and O–H groups in total. The SMILES string of the molecule is O=C(NCCn1cccc1)c1cn(-c2ccccc2)c(=O)c2ccccc12. The molecule has 0 atom stereocenters. The van der Waals surface area contributed by atoms with Crippen molar-refractivity contribution in [3.8, 4) is 5.69 Å². The molecular weight excluding hydrogens is 338 g/mol. The van der Waals surface area contributed by atoms with Crippen molar-refractivity contribution >= 4 is 16.7 Å². The molecule has 0 unspecified atom stereocenters. The van der Waals surface area contributed by atoms with Gasteiger partial charge in [0.1, 0.15) is 0 Å². The monoisotopic (exact) mass is 357 g/mol. The molecule has 0 aliphatic rings. The number of nitrogens with zero attached hydrogens (tertiary/aromatic N) is 2. The van der Waals surface area contributed by atoms with Crippen molar-refractivity contribution in [2.45, 2.75) is 6.54 Å². The van der Waals surface area contributed by atoms with Crippen molar-refractivity contribution in [2.75, 3.05) is 6.54 Å². The number of para-hydroxylation sites is 1. The molecule has 4 aromatic rings. The van der Waals surface area contributed by atoms with Gasteiger partial charge in [-0.2, -0.15) is 0 Å². The van der Waals surface area contributed by atoms with Gasteiger partial charge in [-0.1, -0.05) is 36.4 Å². The van der Waals surface area contributed by atoms with Gasteiger partial charge in [-0.05, 0) is 30.3 Å². The van der Waals surface area contributed by atoms with E-state index in [0.717, 1.165) is 5.69 Å². The second kappa shape index (κ2) is 7.33. The molecule has 0 fully saturated rings. The lowest BCUT2D eigenvalue weighted by Crippen LogP contribution is -2.29. The Morgan fingerprint density at radius 2 is 1.52 bits per heavy atom. The average Bonchev–Trinajstić information content (AvgIpc) is 3.22. The number of rotatable bonds is 5. The predicted octanol–water partition coefficient (Wildman–Crippen LogP) is 3.22. The van der Waals surface area contributed by atoms with E-state index in [1.54, 1.807) is 12.3 Å². The summed E-state index contributed by atoms with van der Waals surface area (Å²) in [5.41, 5.74) is 1.08. The van der Waals surface area contributed by atoms with Crippen LogP contribution in [0.3, 0.4) is 0 Å². The first kappa shape index (κ1) is 16.8. The highest BCUT2D eigenvalue weighted by molar-refractivity contribution is 6.06. The Bertz CT molecular complexity index is 1130. The van der Waals surface area contributed by atoms with E-state index >= 15 is 0 Å². The summed E-state index contributed by atoms with van der Waals surface area (Å²) in [5.74, 6) is -0.192. The number of fused-ring (bicyclic) bond motifs is 1. The van der Waals surface area contributed by atoms with Crippen LogP contribution in [0.1, 0.15) is 10.4 Å². The molecule has 0 saturated carbocycles. The molecule has 2 aromatic heterocycles. The zero-order chi connectivity index (χ0) is 18.6. The number of hydrogen-bond donors (Lipinski definition) is 1. The summed E-state index contributed by atoms with van der Waals surface area (Å²) in [6.07, 6.45) is 5.54. The molecule has 1 amide bonds. The van der Waals surface area contributed by atoms with Gasteiger partial charge in [-0.25, -0.2) is 0 Å². The third-order valence-corrected chi connectivity index (χ3v) is 4.53. The zero-order valence-electron chi connectivity index (χ0n) is 14.7. The van der Waals surface area contributed by atoms with Crippen LogP contribution in [0.5, 0.6) is 0 Å². The zero-order valence-corrected chi connectivity index (χ0v) is 14.7. The fraction of sp³-hybridized carbons (Fsp3) is 0.0909. The first-order valence-corrected chi connectivity index (χ1v) is 8.83. The van der Waals surface area contributed by atoms with Crippen LogP contribution in [-0.2, 0) is 6.54 Å². The molecule has 5 heteroatoms. The Kier molecular flexibility index (Phi) is 4.58. The number of pyridine rings is 1. The Labute approximate surface area is 156 Å². The van der Waals surface area contributed by atoms with Crippen molar-refractivity contribution in [1.82, 2.24) is 14.5 Å². The van der Waals surface area contributed by atoms with Gasteiger partial charge in [0.25, 0.3) is 11.5 Å². The van der Waals surface area contributed by atoms with E-state index in [1.807, 2.05) is 77.6 Å². The van der Waals surface area contributed by atoms with E-state index in [-0.39, 0.29) is 11.5 Å². The summed E-state index contributed by atoms with van der Waals surface area (Å²) < 4.78 is 3.53. The smallest absolute Gasteiger partial charge is 0.262 e. The summed E-state index contributed by atoms with van der Waals surface area (Å²) in [7, 11) is 0. The van der Waals surface area contributed by atoms with Gasteiger partial charge in [0.05, 0.1) is 5.56 Å². The number of carbonyl (C=O) groups excluding carboxylic acids is 1. The molecule has 2 aromatic carbocycles. The standard InChI is InChI=1S/C22H19N3O2/c26-21(23-12-15-24-13-6-7-14-24)20-16-25(17-8-2-1-3-9-17)22(27)19-11-5-4-10-18(19)20/h1-11,13-14,16H,12,15H2,(H,23,26). The van der Waals surface area contributed by atoms with Crippen LogP contribution < -0.4 is 10.9 Å². The number of amides is 1. The van der Waals surface area contributed by atoms with Gasteiger partial charge in [0.15, 0.2) is 0 Å². The summed E-state index contributed by atoms with van der Waals surface area (Å²) in [4.78, 5) is 25.7. The summed E-state index contributed by atoms with van der Waals surface area (Å²) >= 11 is 0. The lowest BCUT2D eigenvalue weighted by atomic mass is 10.1. The second-order valence-corrected chi connectivity index (χ2v) is 6.28. The van der Waals surface area contributed by atoms with E-state index < -0.39 is 0 Å². The van der Waals surface area contributed by atoms with E-state index in [1.165, 1.54) is 4.57 Å². The van der Waals surface area contributed by atoms with Crippen LogP contribution in [0.25, 0.3) is 16.5 Å². The molecule has 0 radical (unpaired) electrons. The third-order valence-electron chi connectivity index (χ3n) is 4.53. The molecule has 27 heavy (non-hydrogen) atoms. The quantitative estimate of drug-likeness (QED) is 0.596. The van der Waals surface area contributed by atoms with Crippen molar-refractivity contribution in [3.63, 3.8) is 0 Å². The Morgan fingerprint density at radius 1 is 0.852 bits per heavy atom. The van der Waals surface area contributed by atoms with Gasteiger partial charge >= 0.3 is 0 Å². The number of hydrogen-bond acceptors (Lipinski definition) is 2. The average molecular weight is 357 g/mol. The topological polar surface area (TPSA) is 56.0 Å². The normalized spacial score (nSPS) is 10.8. The molecule has 0 bridgehead atoms. The maximum absolute atomic E-state index is 12.9. The second-order valence-electron chi connectivity index (χ2n) is 6.28. The van der Waals surface area contributed by atoms with Crippen LogP contribution in [0.4, 0.5) is 0 Å². The Morgan fingerprint density at radius 3 is 2.26 bits per heavy atom. The summed E-state index contributed by atoms with van der Waals surface area (Å²) in [6, 6.07) is 20.5. The van der Waals surface area contributed by atoms with E-state index in [9.17, 15) is 9.59 Å². The van der Waals surface area contributed by atoms with Crippen LogP contribution in [0, 0.1) is 0 Å². The lowest BCUT2D eigenvalue weighted by Gasteiger charge is -2.13. The molecule has 0 aliphatic heterocycles. The first-order chi connectivity index (χ1) is 13.2. The number of aromatic nitrogens is 2. The minimum absolute atomic E-state index is 0.138. The predicted molar refractivity (Wildman–Crippen MR) is 106 cm³/mol. The highest BCUT2D eigenvalue weighted by Gasteiger charge is 2.15. The van der Waals surface area contributed by atoms with Gasteiger partial charge in [-0.3, -0.25) is 14.2 Å². The minimum atomic E-state index is -0.192. The number of benzene rings is 2. The Balaban J connectivity index is 1.71. The highest BCUT2D eigenvalue weighted by atomic mass is 16.2. The summed E-state index contributed by atoms with van der Waals surface area (Å²) in [6.45, 7) is 1.20. The van der Waals surface area contributed by atoms with Crippen LogP contribution in [0.2, 0.25) is 0 Å². The van der Waals surface area contributed by atoms with Gasteiger partial charge in [-0.15, -0.1) is 0 Å². The van der Waals surface area contributed by atoms with E-state index in [4.69, 9.17) is 0 Å². The van der Waals surface area contributed by atoms with Crippen molar-refractivity contribution < 1.29 is 4.79 Å². The Hall–Kier alpha value is -3.60.